The molecule has 0 N–H and O–H groups in total. The van der Waals surface area contributed by atoms with Crippen LogP contribution in [0.25, 0.3) is 5.69 Å². The van der Waals surface area contributed by atoms with Gasteiger partial charge in [-0.15, -0.1) is 0 Å². The van der Waals surface area contributed by atoms with E-state index in [0.717, 1.165) is 42.9 Å². The van der Waals surface area contributed by atoms with Crippen molar-refractivity contribution < 1.29 is 9.53 Å². The van der Waals surface area contributed by atoms with Crippen LogP contribution < -0.4 is 0 Å². The lowest BCUT2D eigenvalue weighted by Crippen LogP contribution is -2.43. The van der Waals surface area contributed by atoms with Crippen LogP contribution in [0, 0.1) is 19.3 Å². The summed E-state index contributed by atoms with van der Waals surface area (Å²) in [5.74, 6) is 0.00564. The number of hydrogen-bond acceptors (Lipinski definition) is 4. The summed E-state index contributed by atoms with van der Waals surface area (Å²) >= 11 is 0. The van der Waals surface area contributed by atoms with Crippen LogP contribution in [0.2, 0.25) is 0 Å². The zero-order chi connectivity index (χ0) is 19.9. The second-order valence-corrected chi connectivity index (χ2v) is 8.36. The molecule has 0 amide bonds. The number of ether oxygens (including phenoxy) is 1. The molecule has 0 saturated carbocycles. The van der Waals surface area contributed by atoms with Gasteiger partial charge in [0.05, 0.1) is 23.4 Å². The third-order valence-corrected chi connectivity index (χ3v) is 6.72. The number of carbonyl (C=O) groups excluding carboxylic acids is 1. The molecule has 0 spiro atoms. The van der Waals surface area contributed by atoms with Crippen LogP contribution in [-0.2, 0) is 16.1 Å². The molecule has 5 heteroatoms. The normalized spacial score (nSPS) is 26.7. The number of aryl methyl sites for hydroxylation is 2. The minimum atomic E-state index is -0.327. The first-order valence-electron chi connectivity index (χ1n) is 10.5. The number of nitrogens with zero attached hydrogens (tertiary/aromatic N) is 3. The van der Waals surface area contributed by atoms with Gasteiger partial charge in [-0.2, -0.15) is 5.10 Å². The second-order valence-electron chi connectivity index (χ2n) is 8.36. The Morgan fingerprint density at radius 2 is 2.07 bits per heavy atom. The Labute approximate surface area is 167 Å². The average molecular weight is 382 g/mol. The molecule has 3 heterocycles. The molecule has 150 valence electrons. The van der Waals surface area contributed by atoms with E-state index in [2.05, 4.69) is 54.2 Å². The molecular weight excluding hydrogens is 350 g/mol. The summed E-state index contributed by atoms with van der Waals surface area (Å²) in [5, 5.41) is 4.62. The standard InChI is InChI=1S/C23H31N3O2/c1-5-23(22(27)28-6-2)14-20-10-11-21(23)25(20)15-18-8-7-9-19(13-18)26-17(4)12-16(3)24-26/h7-9,12-13,20-21H,5-6,10-11,14-15H2,1-4H3/t20-,21+,23+/m0/s1. The Hall–Kier alpha value is -2.14. The van der Waals surface area contributed by atoms with E-state index in [0.29, 0.717) is 18.7 Å². The summed E-state index contributed by atoms with van der Waals surface area (Å²) in [5.41, 5.74) is 4.22. The van der Waals surface area contributed by atoms with E-state index >= 15 is 0 Å². The SMILES string of the molecule is CCOC(=O)[C@]1(CC)C[C@@H]2CC[C@H]1N2Cc1cccc(-n2nc(C)cc2C)c1. The zero-order valence-corrected chi connectivity index (χ0v) is 17.4. The Bertz CT molecular complexity index is 874. The number of aromatic nitrogens is 2. The molecule has 28 heavy (non-hydrogen) atoms. The predicted octanol–water partition coefficient (Wildman–Crippen LogP) is 4.19. The molecule has 2 aliphatic rings. The molecule has 5 nitrogen and oxygen atoms in total. The third-order valence-electron chi connectivity index (χ3n) is 6.72. The quantitative estimate of drug-likeness (QED) is 0.704. The van der Waals surface area contributed by atoms with E-state index < -0.39 is 0 Å². The fourth-order valence-corrected chi connectivity index (χ4v) is 5.45. The maximum absolute atomic E-state index is 12.8. The van der Waals surface area contributed by atoms with Crippen LogP contribution in [0.4, 0.5) is 0 Å². The van der Waals surface area contributed by atoms with Crippen LogP contribution in [-0.4, -0.2) is 39.3 Å². The molecular formula is C23H31N3O2. The van der Waals surface area contributed by atoms with Crippen molar-refractivity contribution in [2.45, 2.75) is 72.0 Å². The van der Waals surface area contributed by atoms with Gasteiger partial charge in [-0.3, -0.25) is 9.69 Å². The van der Waals surface area contributed by atoms with Crippen molar-refractivity contribution in [2.24, 2.45) is 5.41 Å². The monoisotopic (exact) mass is 381 g/mol. The van der Waals surface area contributed by atoms with E-state index in [1.54, 1.807) is 0 Å². The predicted molar refractivity (Wildman–Crippen MR) is 109 cm³/mol. The van der Waals surface area contributed by atoms with E-state index in [1.807, 2.05) is 18.5 Å². The van der Waals surface area contributed by atoms with Gasteiger partial charge in [0, 0.05) is 24.3 Å². The lowest BCUT2D eigenvalue weighted by Gasteiger charge is -2.34. The number of esters is 1. The van der Waals surface area contributed by atoms with Gasteiger partial charge in [-0.1, -0.05) is 19.1 Å². The Morgan fingerprint density at radius 3 is 2.75 bits per heavy atom. The zero-order valence-electron chi connectivity index (χ0n) is 17.4. The molecule has 1 aromatic heterocycles. The number of rotatable bonds is 6. The van der Waals surface area contributed by atoms with Crippen molar-refractivity contribution in [1.29, 1.82) is 0 Å². The highest BCUT2D eigenvalue weighted by molar-refractivity contribution is 5.78. The van der Waals surface area contributed by atoms with Gasteiger partial charge >= 0.3 is 5.97 Å². The van der Waals surface area contributed by atoms with Crippen LogP contribution in [0.5, 0.6) is 0 Å². The van der Waals surface area contributed by atoms with Crippen molar-refractivity contribution >= 4 is 5.97 Å². The number of benzene rings is 1. The fourth-order valence-electron chi connectivity index (χ4n) is 5.45. The lowest BCUT2D eigenvalue weighted by molar-refractivity contribution is -0.157. The van der Waals surface area contributed by atoms with Gasteiger partial charge in [0.15, 0.2) is 0 Å². The highest BCUT2D eigenvalue weighted by Gasteiger charge is 2.59. The Balaban J connectivity index is 1.58. The van der Waals surface area contributed by atoms with Crippen molar-refractivity contribution in [3.63, 3.8) is 0 Å². The van der Waals surface area contributed by atoms with Crippen LogP contribution in [0.3, 0.4) is 0 Å². The first-order chi connectivity index (χ1) is 13.5. The first-order valence-corrected chi connectivity index (χ1v) is 10.5. The fraction of sp³-hybridized carbons (Fsp3) is 0.565. The number of fused-ring (bicyclic) bond motifs is 2. The van der Waals surface area contributed by atoms with E-state index in [4.69, 9.17) is 4.74 Å². The molecule has 3 atom stereocenters. The largest absolute Gasteiger partial charge is 0.466 e. The van der Waals surface area contributed by atoms with Crippen molar-refractivity contribution in [3.8, 4) is 5.69 Å². The summed E-state index contributed by atoms with van der Waals surface area (Å²) in [6, 6.07) is 11.5. The van der Waals surface area contributed by atoms with Crippen molar-refractivity contribution in [2.75, 3.05) is 6.61 Å². The van der Waals surface area contributed by atoms with Gasteiger partial charge in [0.25, 0.3) is 0 Å². The topological polar surface area (TPSA) is 47.4 Å². The molecule has 2 bridgehead atoms. The van der Waals surface area contributed by atoms with Crippen LogP contribution >= 0.6 is 0 Å². The molecule has 0 radical (unpaired) electrons. The maximum atomic E-state index is 12.8. The smallest absolute Gasteiger partial charge is 0.313 e. The molecule has 1 aromatic carbocycles. The Kier molecular flexibility index (Phi) is 5.04. The van der Waals surface area contributed by atoms with Gasteiger partial charge < -0.3 is 4.74 Å². The average Bonchev–Trinajstić information content (AvgIpc) is 3.33. The van der Waals surface area contributed by atoms with Gasteiger partial charge in [0.2, 0.25) is 0 Å². The van der Waals surface area contributed by atoms with Crippen LogP contribution in [0.1, 0.15) is 56.5 Å². The highest BCUT2D eigenvalue weighted by atomic mass is 16.5. The summed E-state index contributed by atoms with van der Waals surface area (Å²) in [6.07, 6.45) is 4.07. The van der Waals surface area contributed by atoms with Crippen LogP contribution in [0.15, 0.2) is 30.3 Å². The Morgan fingerprint density at radius 1 is 1.25 bits per heavy atom. The minimum Gasteiger partial charge on any atom is -0.466 e. The van der Waals surface area contributed by atoms with Crippen molar-refractivity contribution in [1.82, 2.24) is 14.7 Å². The van der Waals surface area contributed by atoms with Crippen molar-refractivity contribution in [3.05, 3.63) is 47.3 Å². The number of carbonyl (C=O) groups is 1. The second kappa shape index (κ2) is 7.36. The summed E-state index contributed by atoms with van der Waals surface area (Å²) in [7, 11) is 0. The minimum absolute atomic E-state index is 0.00564. The van der Waals surface area contributed by atoms with E-state index in [1.165, 1.54) is 12.0 Å². The summed E-state index contributed by atoms with van der Waals surface area (Å²) < 4.78 is 7.49. The van der Waals surface area contributed by atoms with E-state index in [9.17, 15) is 4.79 Å². The molecule has 2 fully saturated rings. The summed E-state index contributed by atoms with van der Waals surface area (Å²) in [4.78, 5) is 15.4. The maximum Gasteiger partial charge on any atom is 0.313 e. The van der Waals surface area contributed by atoms with Gasteiger partial charge in [0.1, 0.15) is 0 Å². The number of hydrogen-bond donors (Lipinski definition) is 0. The van der Waals surface area contributed by atoms with Gasteiger partial charge in [-0.25, -0.2) is 4.68 Å². The highest BCUT2D eigenvalue weighted by Crippen LogP contribution is 2.52. The lowest BCUT2D eigenvalue weighted by atomic mass is 9.72. The molecule has 4 rings (SSSR count). The molecule has 2 saturated heterocycles. The molecule has 2 aliphatic heterocycles. The third kappa shape index (κ3) is 3.06. The summed E-state index contributed by atoms with van der Waals surface area (Å²) in [6.45, 7) is 9.49. The molecule has 0 unspecified atom stereocenters. The molecule has 0 aliphatic carbocycles. The first kappa shape index (κ1) is 19.2. The van der Waals surface area contributed by atoms with Gasteiger partial charge in [-0.05, 0) is 70.2 Å². The van der Waals surface area contributed by atoms with E-state index in [-0.39, 0.29) is 11.4 Å². The molecule has 2 aromatic rings.